The van der Waals surface area contributed by atoms with E-state index in [9.17, 15) is 5.26 Å². The lowest BCUT2D eigenvalue weighted by Gasteiger charge is -2.32. The number of ether oxygens (including phenoxy) is 1. The van der Waals surface area contributed by atoms with Gasteiger partial charge in [-0.3, -0.25) is 10.2 Å². The summed E-state index contributed by atoms with van der Waals surface area (Å²) in [4.78, 5) is 2.55. The Morgan fingerprint density at radius 3 is 2.60 bits per heavy atom. The molecule has 2 rings (SSSR count). The number of nitriles is 1. The molecule has 20 heavy (non-hydrogen) atoms. The van der Waals surface area contributed by atoms with Crippen LogP contribution in [0.5, 0.6) is 0 Å². The molecule has 0 radical (unpaired) electrons. The molecule has 0 amide bonds. The molecular formula is C16H29N3O. The molecule has 2 heterocycles. The molecule has 0 aromatic heterocycles. The zero-order valence-corrected chi connectivity index (χ0v) is 13.0. The van der Waals surface area contributed by atoms with Crippen LogP contribution in [0.15, 0.2) is 0 Å². The van der Waals surface area contributed by atoms with Crippen LogP contribution in [0, 0.1) is 11.3 Å². The third-order valence-corrected chi connectivity index (χ3v) is 4.53. The molecule has 114 valence electrons. The maximum atomic E-state index is 9.30. The van der Waals surface area contributed by atoms with Gasteiger partial charge in [-0.1, -0.05) is 6.92 Å². The quantitative estimate of drug-likeness (QED) is 0.693. The maximum absolute atomic E-state index is 9.30. The Balaban J connectivity index is 1.62. The van der Waals surface area contributed by atoms with Crippen molar-refractivity contribution >= 4 is 0 Å². The number of morpholine rings is 1. The molecule has 2 aliphatic rings. The van der Waals surface area contributed by atoms with E-state index in [-0.39, 0.29) is 5.54 Å². The molecule has 4 heteroatoms. The van der Waals surface area contributed by atoms with E-state index in [0.717, 1.165) is 45.4 Å². The highest BCUT2D eigenvalue weighted by Crippen LogP contribution is 2.26. The number of rotatable bonds is 8. The van der Waals surface area contributed by atoms with Gasteiger partial charge in [-0.2, -0.15) is 5.26 Å². The lowest BCUT2D eigenvalue weighted by Crippen LogP contribution is -2.43. The minimum Gasteiger partial charge on any atom is -0.372 e. The van der Waals surface area contributed by atoms with Gasteiger partial charge in [0.05, 0.1) is 18.3 Å². The molecule has 4 nitrogen and oxygen atoms in total. The molecule has 3 atom stereocenters. The third-order valence-electron chi connectivity index (χ3n) is 4.53. The number of fused-ring (bicyclic) bond motifs is 2. The highest BCUT2D eigenvalue weighted by Gasteiger charge is 2.33. The Bertz CT molecular complexity index is 329. The fourth-order valence-corrected chi connectivity index (χ4v) is 3.28. The van der Waals surface area contributed by atoms with Crippen LogP contribution in [0.3, 0.4) is 0 Å². The molecule has 0 aromatic rings. The smallest absolute Gasteiger partial charge is 0.103 e. The van der Waals surface area contributed by atoms with Crippen LogP contribution in [0.2, 0.25) is 0 Å². The Kier molecular flexibility index (Phi) is 5.83. The van der Waals surface area contributed by atoms with E-state index >= 15 is 0 Å². The molecule has 3 unspecified atom stereocenters. The Hall–Kier alpha value is -0.630. The fraction of sp³-hybridized carbons (Fsp3) is 0.938. The molecular weight excluding hydrogens is 250 g/mol. The van der Waals surface area contributed by atoms with Gasteiger partial charge in [0.2, 0.25) is 0 Å². The van der Waals surface area contributed by atoms with Crippen molar-refractivity contribution in [3.05, 3.63) is 0 Å². The van der Waals surface area contributed by atoms with Crippen molar-refractivity contribution in [2.24, 2.45) is 0 Å². The first kappa shape index (κ1) is 15.8. The first-order chi connectivity index (χ1) is 9.65. The van der Waals surface area contributed by atoms with Crippen molar-refractivity contribution in [3.63, 3.8) is 0 Å². The van der Waals surface area contributed by atoms with Crippen molar-refractivity contribution in [1.82, 2.24) is 10.2 Å². The average Bonchev–Trinajstić information content (AvgIpc) is 2.80. The van der Waals surface area contributed by atoms with Gasteiger partial charge < -0.3 is 4.74 Å². The van der Waals surface area contributed by atoms with Gasteiger partial charge >= 0.3 is 0 Å². The van der Waals surface area contributed by atoms with E-state index in [4.69, 9.17) is 4.74 Å². The van der Waals surface area contributed by atoms with E-state index in [2.05, 4.69) is 23.2 Å². The summed E-state index contributed by atoms with van der Waals surface area (Å²) >= 11 is 0. The minimum absolute atomic E-state index is 0.347. The van der Waals surface area contributed by atoms with Gasteiger partial charge in [-0.15, -0.1) is 0 Å². The van der Waals surface area contributed by atoms with E-state index < -0.39 is 0 Å². The summed E-state index contributed by atoms with van der Waals surface area (Å²) in [7, 11) is 0. The Morgan fingerprint density at radius 2 is 2.00 bits per heavy atom. The lowest BCUT2D eigenvalue weighted by molar-refractivity contribution is -0.0386. The molecule has 0 aliphatic carbocycles. The molecule has 0 saturated carbocycles. The van der Waals surface area contributed by atoms with Crippen molar-refractivity contribution in [1.29, 1.82) is 5.26 Å². The molecule has 2 aliphatic heterocycles. The molecule has 2 saturated heterocycles. The number of nitrogens with one attached hydrogen (secondary N) is 1. The predicted molar refractivity (Wildman–Crippen MR) is 80.5 cm³/mol. The summed E-state index contributed by atoms with van der Waals surface area (Å²) in [6.45, 7) is 8.47. The number of hydrogen-bond donors (Lipinski definition) is 1. The number of likely N-dealkylation sites (tertiary alicyclic amines) is 1. The van der Waals surface area contributed by atoms with Crippen LogP contribution in [0.25, 0.3) is 0 Å². The van der Waals surface area contributed by atoms with Gasteiger partial charge in [0.1, 0.15) is 5.54 Å². The van der Waals surface area contributed by atoms with Crippen LogP contribution < -0.4 is 5.32 Å². The number of nitrogens with zero attached hydrogens (tertiary/aromatic N) is 2. The van der Waals surface area contributed by atoms with E-state index in [1.165, 1.54) is 19.3 Å². The normalized spacial score (nSPS) is 29.1. The second-order valence-electron chi connectivity index (χ2n) is 6.54. The van der Waals surface area contributed by atoms with Crippen molar-refractivity contribution in [2.45, 2.75) is 70.1 Å². The first-order valence-corrected chi connectivity index (χ1v) is 8.19. The van der Waals surface area contributed by atoms with Gasteiger partial charge in [-0.05, 0) is 58.5 Å². The summed E-state index contributed by atoms with van der Waals surface area (Å²) < 4.78 is 5.86. The average molecular weight is 279 g/mol. The zero-order chi connectivity index (χ0) is 14.4. The SMILES string of the molecule is CCCNC(C)(C#N)CCCCN1CC2CCC(C1)O2. The predicted octanol–water partition coefficient (Wildman–Crippen LogP) is 2.30. The van der Waals surface area contributed by atoms with Gasteiger partial charge in [-0.25, -0.2) is 0 Å². The molecule has 2 fully saturated rings. The third kappa shape index (κ3) is 4.44. The van der Waals surface area contributed by atoms with E-state index in [0.29, 0.717) is 12.2 Å². The highest BCUT2D eigenvalue weighted by molar-refractivity contribution is 5.03. The maximum Gasteiger partial charge on any atom is 0.103 e. The summed E-state index contributed by atoms with van der Waals surface area (Å²) in [5.41, 5.74) is -0.347. The number of unbranched alkanes of at least 4 members (excludes halogenated alkanes) is 1. The summed E-state index contributed by atoms with van der Waals surface area (Å²) in [5.74, 6) is 0. The van der Waals surface area contributed by atoms with Gasteiger partial charge in [0, 0.05) is 13.1 Å². The van der Waals surface area contributed by atoms with E-state index in [1.807, 2.05) is 6.92 Å². The number of hydrogen-bond acceptors (Lipinski definition) is 4. The monoisotopic (exact) mass is 279 g/mol. The summed E-state index contributed by atoms with van der Waals surface area (Å²) in [5, 5.41) is 12.7. The second kappa shape index (κ2) is 7.40. The molecule has 1 N–H and O–H groups in total. The van der Waals surface area contributed by atoms with Crippen LogP contribution in [0.1, 0.15) is 52.4 Å². The standard InChI is InChI=1S/C16H29N3O/c1-3-9-18-16(2,13-17)8-4-5-10-19-11-14-6-7-15(12-19)20-14/h14-15,18H,3-12H2,1-2H3. The van der Waals surface area contributed by atoms with Crippen molar-refractivity contribution in [2.75, 3.05) is 26.2 Å². The highest BCUT2D eigenvalue weighted by atomic mass is 16.5. The lowest BCUT2D eigenvalue weighted by atomic mass is 9.96. The zero-order valence-electron chi connectivity index (χ0n) is 13.0. The summed E-state index contributed by atoms with van der Waals surface area (Å²) in [6.07, 6.45) is 7.80. The van der Waals surface area contributed by atoms with Crippen LogP contribution >= 0.6 is 0 Å². The van der Waals surface area contributed by atoms with Crippen molar-refractivity contribution < 1.29 is 4.74 Å². The van der Waals surface area contributed by atoms with Gasteiger partial charge in [0.15, 0.2) is 0 Å². The first-order valence-electron chi connectivity index (χ1n) is 8.19. The van der Waals surface area contributed by atoms with Crippen LogP contribution in [0.4, 0.5) is 0 Å². The van der Waals surface area contributed by atoms with Crippen molar-refractivity contribution in [3.8, 4) is 6.07 Å². The Labute approximate surface area is 123 Å². The fourth-order valence-electron chi connectivity index (χ4n) is 3.28. The molecule has 0 spiro atoms. The van der Waals surface area contributed by atoms with Crippen LogP contribution in [-0.2, 0) is 4.74 Å². The molecule has 2 bridgehead atoms. The topological polar surface area (TPSA) is 48.3 Å². The second-order valence-corrected chi connectivity index (χ2v) is 6.54. The van der Waals surface area contributed by atoms with E-state index in [1.54, 1.807) is 0 Å². The largest absolute Gasteiger partial charge is 0.372 e. The van der Waals surface area contributed by atoms with Crippen LogP contribution in [-0.4, -0.2) is 48.8 Å². The molecule has 0 aromatic carbocycles. The Morgan fingerprint density at radius 1 is 1.30 bits per heavy atom. The minimum atomic E-state index is -0.347. The van der Waals surface area contributed by atoms with Gasteiger partial charge in [0.25, 0.3) is 0 Å². The summed E-state index contributed by atoms with van der Waals surface area (Å²) in [6, 6.07) is 2.43.